The number of benzene rings is 1. The first-order chi connectivity index (χ1) is 9.63. The Labute approximate surface area is 115 Å². The lowest BCUT2D eigenvalue weighted by atomic mass is 10.00. The lowest BCUT2D eigenvalue weighted by molar-refractivity contribution is 0.0944. The number of nitrogens with one attached hydrogen (secondary N) is 2. The molecule has 0 aliphatic carbocycles. The molecule has 0 atom stereocenters. The van der Waals surface area contributed by atoms with Crippen LogP contribution in [0.3, 0.4) is 0 Å². The van der Waals surface area contributed by atoms with Crippen LogP contribution in [0.4, 0.5) is 5.69 Å². The second-order valence-corrected chi connectivity index (χ2v) is 4.61. The predicted molar refractivity (Wildman–Crippen MR) is 71.4 cm³/mol. The zero-order valence-corrected chi connectivity index (χ0v) is 10.9. The van der Waals surface area contributed by atoms with Crippen molar-refractivity contribution < 1.29 is 9.59 Å². The fourth-order valence-electron chi connectivity index (χ4n) is 2.14. The molecule has 102 valence electrons. The zero-order chi connectivity index (χ0) is 14.1. The second kappa shape index (κ2) is 4.76. The van der Waals surface area contributed by atoms with E-state index in [4.69, 9.17) is 0 Å². The number of anilines is 1. The quantitative estimate of drug-likeness (QED) is 0.825. The van der Waals surface area contributed by atoms with Crippen LogP contribution >= 0.6 is 0 Å². The van der Waals surface area contributed by atoms with Crippen LogP contribution in [-0.2, 0) is 13.5 Å². The summed E-state index contributed by atoms with van der Waals surface area (Å²) in [5, 5.41) is 12.9. The van der Waals surface area contributed by atoms with Crippen molar-refractivity contribution in [3.63, 3.8) is 0 Å². The molecule has 20 heavy (non-hydrogen) atoms. The molecule has 2 amide bonds. The molecule has 2 N–H and O–H groups in total. The maximum atomic E-state index is 11.9. The number of aryl methyl sites for hydroxylation is 1. The van der Waals surface area contributed by atoms with Gasteiger partial charge in [-0.1, -0.05) is 11.3 Å². The Morgan fingerprint density at radius 2 is 2.30 bits per heavy atom. The van der Waals surface area contributed by atoms with E-state index >= 15 is 0 Å². The Balaban J connectivity index is 1.83. The minimum Gasteiger partial charge on any atom is -0.352 e. The molecule has 1 aliphatic rings. The molecule has 0 spiro atoms. The van der Waals surface area contributed by atoms with Gasteiger partial charge in [-0.15, -0.1) is 5.10 Å². The van der Waals surface area contributed by atoms with E-state index < -0.39 is 0 Å². The Morgan fingerprint density at radius 1 is 1.45 bits per heavy atom. The van der Waals surface area contributed by atoms with Gasteiger partial charge < -0.3 is 10.6 Å². The third-order valence-electron chi connectivity index (χ3n) is 3.13. The first kappa shape index (κ1) is 12.3. The summed E-state index contributed by atoms with van der Waals surface area (Å²) in [5.74, 6) is -0.462. The normalized spacial score (nSPS) is 13.6. The van der Waals surface area contributed by atoms with Gasteiger partial charge in [0.05, 0.1) is 6.20 Å². The molecule has 7 heteroatoms. The SMILES string of the molecule is Cn1cc(C(=O)Nc2ccc3c(c2)C(=O)NCC3)nn1. The van der Waals surface area contributed by atoms with Crippen molar-refractivity contribution in [3.8, 4) is 0 Å². The van der Waals surface area contributed by atoms with Crippen molar-refractivity contribution in [2.75, 3.05) is 11.9 Å². The van der Waals surface area contributed by atoms with Crippen LogP contribution in [0.15, 0.2) is 24.4 Å². The maximum absolute atomic E-state index is 11.9. The molecular formula is C13H13N5O2. The average Bonchev–Trinajstić information content (AvgIpc) is 2.86. The van der Waals surface area contributed by atoms with Gasteiger partial charge in [0.1, 0.15) is 0 Å². The summed E-state index contributed by atoms with van der Waals surface area (Å²) in [6.07, 6.45) is 2.33. The molecule has 2 heterocycles. The first-order valence-electron chi connectivity index (χ1n) is 6.22. The summed E-state index contributed by atoms with van der Waals surface area (Å²) in [6.45, 7) is 0.650. The molecular weight excluding hydrogens is 258 g/mol. The number of aromatic nitrogens is 3. The zero-order valence-electron chi connectivity index (χ0n) is 10.9. The van der Waals surface area contributed by atoms with Crippen molar-refractivity contribution in [2.45, 2.75) is 6.42 Å². The number of carbonyl (C=O) groups is 2. The standard InChI is InChI=1S/C13H13N5O2/c1-18-7-11(16-17-18)13(20)15-9-3-2-8-4-5-14-12(19)10(8)6-9/h2-3,6-7H,4-5H2,1H3,(H,14,19)(H,15,20). The van der Waals surface area contributed by atoms with Crippen molar-refractivity contribution >= 4 is 17.5 Å². The number of fused-ring (bicyclic) bond motifs is 1. The summed E-state index contributed by atoms with van der Waals surface area (Å²) in [4.78, 5) is 23.7. The third-order valence-corrected chi connectivity index (χ3v) is 3.13. The number of hydrogen-bond donors (Lipinski definition) is 2. The second-order valence-electron chi connectivity index (χ2n) is 4.61. The maximum Gasteiger partial charge on any atom is 0.277 e. The van der Waals surface area contributed by atoms with Gasteiger partial charge in [-0.2, -0.15) is 0 Å². The van der Waals surface area contributed by atoms with Gasteiger partial charge in [-0.05, 0) is 24.1 Å². The molecule has 0 saturated heterocycles. The molecule has 0 bridgehead atoms. The molecule has 3 rings (SSSR count). The van der Waals surface area contributed by atoms with E-state index in [-0.39, 0.29) is 17.5 Å². The number of nitrogens with zero attached hydrogens (tertiary/aromatic N) is 3. The van der Waals surface area contributed by atoms with Crippen LogP contribution in [-0.4, -0.2) is 33.4 Å². The van der Waals surface area contributed by atoms with E-state index in [1.807, 2.05) is 6.07 Å². The van der Waals surface area contributed by atoms with E-state index in [9.17, 15) is 9.59 Å². The van der Waals surface area contributed by atoms with E-state index in [1.54, 1.807) is 19.2 Å². The average molecular weight is 271 g/mol. The molecule has 1 aromatic heterocycles. The van der Waals surface area contributed by atoms with Crippen LogP contribution in [0.25, 0.3) is 0 Å². The monoisotopic (exact) mass is 271 g/mol. The van der Waals surface area contributed by atoms with Crippen molar-refractivity contribution in [2.24, 2.45) is 7.05 Å². The van der Waals surface area contributed by atoms with Crippen LogP contribution < -0.4 is 10.6 Å². The Kier molecular flexibility index (Phi) is 2.94. The van der Waals surface area contributed by atoms with E-state index in [2.05, 4.69) is 20.9 Å². The van der Waals surface area contributed by atoms with Gasteiger partial charge in [0, 0.05) is 24.8 Å². The highest BCUT2D eigenvalue weighted by Crippen LogP contribution is 2.19. The van der Waals surface area contributed by atoms with Gasteiger partial charge >= 0.3 is 0 Å². The summed E-state index contributed by atoms with van der Waals surface area (Å²) in [6, 6.07) is 5.32. The van der Waals surface area contributed by atoms with Crippen molar-refractivity contribution in [1.29, 1.82) is 0 Å². The molecule has 2 aromatic rings. The third kappa shape index (κ3) is 2.25. The molecule has 0 radical (unpaired) electrons. The molecule has 0 unspecified atom stereocenters. The smallest absolute Gasteiger partial charge is 0.277 e. The Hall–Kier alpha value is -2.70. The highest BCUT2D eigenvalue weighted by atomic mass is 16.2. The molecule has 1 aromatic carbocycles. The summed E-state index contributed by atoms with van der Waals surface area (Å²) < 4.78 is 1.45. The fourth-order valence-corrected chi connectivity index (χ4v) is 2.14. The van der Waals surface area contributed by atoms with Crippen LogP contribution in [0.1, 0.15) is 26.4 Å². The number of amides is 2. The highest BCUT2D eigenvalue weighted by Gasteiger charge is 2.17. The minimum atomic E-state index is -0.353. The van der Waals surface area contributed by atoms with E-state index in [1.165, 1.54) is 10.9 Å². The number of hydrogen-bond acceptors (Lipinski definition) is 4. The summed E-state index contributed by atoms with van der Waals surface area (Å²) in [7, 11) is 1.69. The first-order valence-corrected chi connectivity index (χ1v) is 6.22. The number of carbonyl (C=O) groups excluding carboxylic acids is 2. The minimum absolute atomic E-state index is 0.109. The van der Waals surface area contributed by atoms with Gasteiger partial charge in [-0.3, -0.25) is 14.3 Å². The molecule has 7 nitrogen and oxygen atoms in total. The van der Waals surface area contributed by atoms with Crippen molar-refractivity contribution in [1.82, 2.24) is 20.3 Å². The highest BCUT2D eigenvalue weighted by molar-refractivity contribution is 6.04. The van der Waals surface area contributed by atoms with Gasteiger partial charge in [0.15, 0.2) is 5.69 Å². The fraction of sp³-hybridized carbons (Fsp3) is 0.231. The van der Waals surface area contributed by atoms with E-state index in [0.29, 0.717) is 17.8 Å². The Bertz CT molecular complexity index is 692. The predicted octanol–water partition coefficient (Wildman–Crippen LogP) is 0.353. The topological polar surface area (TPSA) is 88.9 Å². The van der Waals surface area contributed by atoms with Gasteiger partial charge in [0.25, 0.3) is 11.8 Å². The van der Waals surface area contributed by atoms with Crippen LogP contribution in [0.5, 0.6) is 0 Å². The largest absolute Gasteiger partial charge is 0.352 e. The van der Waals surface area contributed by atoms with Gasteiger partial charge in [0.2, 0.25) is 0 Å². The van der Waals surface area contributed by atoms with Crippen LogP contribution in [0.2, 0.25) is 0 Å². The van der Waals surface area contributed by atoms with Crippen molar-refractivity contribution in [3.05, 3.63) is 41.2 Å². The van der Waals surface area contributed by atoms with E-state index in [0.717, 1.165) is 12.0 Å². The van der Waals surface area contributed by atoms with Crippen LogP contribution in [0, 0.1) is 0 Å². The summed E-state index contributed by atoms with van der Waals surface area (Å²) in [5.41, 5.74) is 2.39. The lowest BCUT2D eigenvalue weighted by Gasteiger charge is -2.17. The van der Waals surface area contributed by atoms with Gasteiger partial charge in [-0.25, -0.2) is 0 Å². The molecule has 0 saturated carbocycles. The summed E-state index contributed by atoms with van der Waals surface area (Å²) >= 11 is 0. The Morgan fingerprint density at radius 3 is 3.05 bits per heavy atom. The lowest BCUT2D eigenvalue weighted by Crippen LogP contribution is -2.31. The molecule has 0 fully saturated rings. The number of rotatable bonds is 2. The molecule has 1 aliphatic heterocycles.